The Kier molecular flexibility index (Phi) is 14.9. The third-order valence-electron chi connectivity index (χ3n) is 14.5. The average Bonchev–Trinajstić information content (AvgIpc) is 4.32. The Morgan fingerprint density at radius 3 is 1.31 bits per heavy atom. The zero-order valence-electron chi connectivity index (χ0n) is 40.3. The third kappa shape index (κ3) is 11.1. The van der Waals surface area contributed by atoms with E-state index < -0.39 is 11.6 Å². The van der Waals surface area contributed by atoms with Gasteiger partial charge < -0.3 is 39.6 Å². The first kappa shape index (κ1) is 49.8. The van der Waals surface area contributed by atoms with E-state index in [4.69, 9.17) is 23.2 Å². The molecule has 6 aliphatic heterocycles. The van der Waals surface area contributed by atoms with Crippen LogP contribution in [0.15, 0.2) is 171 Å². The van der Waals surface area contributed by atoms with Crippen molar-refractivity contribution in [2.45, 2.75) is 55.5 Å². The number of benzene rings is 3. The highest BCUT2D eigenvalue weighted by Crippen LogP contribution is 2.36. The number of rotatable bonds is 12. The van der Waals surface area contributed by atoms with Crippen molar-refractivity contribution in [3.05, 3.63) is 203 Å². The number of nitrogens with zero attached hydrogens (tertiary/aromatic N) is 9. The summed E-state index contributed by atoms with van der Waals surface area (Å²) in [5.41, 5.74) is 0.797. The number of carbonyl (C=O) groups is 3. The van der Waals surface area contributed by atoms with Crippen LogP contribution in [0.25, 0.3) is 0 Å². The lowest BCUT2D eigenvalue weighted by Gasteiger charge is -2.34. The fraction of sp³-hybridized carbons (Fsp3) is 0.263. The topological polar surface area (TPSA) is 150 Å². The molecular formula is C57H54Cl2FN9O5. The van der Waals surface area contributed by atoms with Crippen LogP contribution in [0.2, 0.25) is 10.0 Å². The molecule has 3 aromatic carbocycles. The maximum Gasteiger partial charge on any atom is 0.191 e. The summed E-state index contributed by atoms with van der Waals surface area (Å²) in [4.78, 5) is 63.7. The summed E-state index contributed by atoms with van der Waals surface area (Å²) in [6, 6.07) is 35.3. The monoisotopic (exact) mass is 1030 g/mol. The minimum Gasteiger partial charge on any atom is -0.507 e. The number of halogens is 3. The first-order chi connectivity index (χ1) is 35.9. The first-order valence-electron chi connectivity index (χ1n) is 24.6. The molecule has 378 valence electrons. The molecule has 74 heavy (non-hydrogen) atoms. The van der Waals surface area contributed by atoms with Gasteiger partial charge in [-0.3, -0.25) is 14.4 Å². The Hall–Kier alpha value is -7.75. The van der Waals surface area contributed by atoms with Crippen LogP contribution in [0.3, 0.4) is 0 Å². The summed E-state index contributed by atoms with van der Waals surface area (Å²) >= 11 is 11.9. The lowest BCUT2D eigenvalue weighted by molar-refractivity contribution is 0.103. The number of pyridine rings is 3. The summed E-state index contributed by atoms with van der Waals surface area (Å²) in [5, 5.41) is 20.5. The Bertz CT molecular complexity index is 3080. The molecule has 9 heterocycles. The van der Waals surface area contributed by atoms with Gasteiger partial charge in [-0.25, -0.2) is 19.3 Å². The highest BCUT2D eigenvalue weighted by molar-refractivity contribution is 6.34. The number of allylic oxidation sites excluding steroid dienone is 3. The molecule has 0 radical (unpaired) electrons. The van der Waals surface area contributed by atoms with Crippen molar-refractivity contribution in [2.75, 3.05) is 54.0 Å². The Labute approximate surface area is 438 Å². The normalized spacial score (nSPS) is 22.3. The van der Waals surface area contributed by atoms with Crippen molar-refractivity contribution in [3.8, 4) is 11.5 Å². The minimum atomic E-state index is -0.541. The largest absolute Gasteiger partial charge is 0.507 e. The third-order valence-corrected chi connectivity index (χ3v) is 15.1. The van der Waals surface area contributed by atoms with Crippen LogP contribution < -0.4 is 14.7 Å². The van der Waals surface area contributed by atoms with Gasteiger partial charge in [0.15, 0.2) is 17.3 Å². The standard InChI is InChI=1S/C19H18ClN3O2.C19H18ClN3O.C19H18FN3O2/c20-13-4-5-16(18(25)9-13)17(24)6-8-22-11-15-10-14(22)12-23(15)19-3-1-2-7-21-19;20-17-6-2-1-5-16(17)18(24)8-10-22-12-15-11-14(22)13-23(15)19-7-3-4-9-21-19;20-13-4-5-17(24)16(9-13)18(25)6-8-22-11-15-10-14(22)12-23(15)19-3-1-2-7-21-19/h1-9,14-15,25H,10-12H2;1-10,14-15H,11-13H2;1-9,14-15,24H,10-12H2/b8-6+;10-8+;8-6+/t3*14-,15-/m111/s1. The molecule has 17 heteroatoms. The number of piperazine rings is 3. The first-order valence-corrected chi connectivity index (χ1v) is 25.4. The van der Waals surface area contributed by atoms with Gasteiger partial charge >= 0.3 is 0 Å². The quantitative estimate of drug-likeness (QED) is 0.0887. The van der Waals surface area contributed by atoms with Gasteiger partial charge in [0.25, 0.3) is 0 Å². The maximum atomic E-state index is 13.3. The van der Waals surface area contributed by atoms with Gasteiger partial charge in [-0.2, -0.15) is 0 Å². The molecule has 6 bridgehead atoms. The Morgan fingerprint density at radius 1 is 0.473 bits per heavy atom. The van der Waals surface area contributed by atoms with Gasteiger partial charge in [0.05, 0.1) is 16.1 Å². The second kappa shape index (κ2) is 22.2. The molecule has 6 fully saturated rings. The fourth-order valence-electron chi connectivity index (χ4n) is 10.9. The lowest BCUT2D eigenvalue weighted by atomic mass is 10.1. The highest BCUT2D eigenvalue weighted by Gasteiger charge is 2.44. The molecule has 2 N–H and O–H groups in total. The van der Waals surface area contributed by atoms with Crippen LogP contribution in [0.1, 0.15) is 50.3 Å². The van der Waals surface area contributed by atoms with Crippen molar-refractivity contribution >= 4 is 58.0 Å². The molecule has 14 nitrogen and oxygen atoms in total. The SMILES string of the molecule is O=C(/C=C/N1C[C@H]2C[C@@H]1CN2c1ccccn1)c1cc(F)ccc1O.O=C(/C=C/N1C[C@H]2C[C@@H]1CN2c1ccccn1)c1ccc(Cl)cc1O.O=C(/C=C/N1C[C@H]2C[C@@H]1CN2c1ccccn1)c1ccccc1Cl. The molecule has 6 aromatic rings. The number of anilines is 3. The number of hydrogen-bond acceptors (Lipinski definition) is 14. The van der Waals surface area contributed by atoms with Crippen molar-refractivity contribution in [1.82, 2.24) is 29.7 Å². The molecule has 0 amide bonds. The van der Waals surface area contributed by atoms with E-state index in [0.29, 0.717) is 51.9 Å². The summed E-state index contributed by atoms with van der Waals surface area (Å²) in [5.74, 6) is 1.53. The number of aromatic nitrogens is 3. The number of fused-ring (bicyclic) bond motifs is 6. The van der Waals surface area contributed by atoms with Crippen LogP contribution >= 0.6 is 23.2 Å². The van der Waals surface area contributed by atoms with Gasteiger partial charge in [-0.1, -0.05) is 53.5 Å². The predicted molar refractivity (Wildman–Crippen MR) is 284 cm³/mol. The van der Waals surface area contributed by atoms with Crippen LogP contribution in [0, 0.1) is 5.82 Å². The van der Waals surface area contributed by atoms with Crippen LogP contribution in [-0.4, -0.2) is 133 Å². The Balaban J connectivity index is 0.000000127. The molecule has 6 saturated heterocycles. The van der Waals surface area contributed by atoms with Gasteiger partial charge in [-0.15, -0.1) is 0 Å². The molecule has 0 unspecified atom stereocenters. The second-order valence-electron chi connectivity index (χ2n) is 19.1. The molecule has 6 aliphatic rings. The van der Waals surface area contributed by atoms with Crippen LogP contribution in [0.5, 0.6) is 11.5 Å². The van der Waals surface area contributed by atoms with Crippen molar-refractivity contribution in [2.24, 2.45) is 0 Å². The molecule has 3 aromatic heterocycles. The number of carbonyl (C=O) groups excluding carboxylic acids is 3. The summed E-state index contributed by atoms with van der Waals surface area (Å²) in [7, 11) is 0. The zero-order chi connectivity index (χ0) is 51.3. The van der Waals surface area contributed by atoms with E-state index in [1.807, 2.05) is 85.5 Å². The number of phenols is 2. The van der Waals surface area contributed by atoms with E-state index in [1.165, 1.54) is 24.3 Å². The molecule has 0 aliphatic carbocycles. The number of hydrogen-bond donors (Lipinski definition) is 2. The molecular weight excluding hydrogens is 981 g/mol. The highest BCUT2D eigenvalue weighted by atomic mass is 35.5. The molecule has 0 spiro atoms. The number of ketones is 3. The summed E-state index contributed by atoms with van der Waals surface area (Å²) < 4.78 is 13.3. The van der Waals surface area contributed by atoms with E-state index in [0.717, 1.165) is 88.1 Å². The Morgan fingerprint density at radius 2 is 0.905 bits per heavy atom. The molecule has 12 rings (SSSR count). The van der Waals surface area contributed by atoms with Crippen LogP contribution in [-0.2, 0) is 0 Å². The fourth-order valence-corrected chi connectivity index (χ4v) is 11.3. The zero-order valence-corrected chi connectivity index (χ0v) is 41.8. The second-order valence-corrected chi connectivity index (χ2v) is 19.9. The van der Waals surface area contributed by atoms with Crippen molar-refractivity contribution in [1.29, 1.82) is 0 Å². The van der Waals surface area contributed by atoms with Crippen molar-refractivity contribution in [3.63, 3.8) is 0 Å². The van der Waals surface area contributed by atoms with E-state index >= 15 is 0 Å². The average molecular weight is 1040 g/mol. The summed E-state index contributed by atoms with van der Waals surface area (Å²) in [6.45, 7) is 5.34. The van der Waals surface area contributed by atoms with Crippen LogP contribution in [0.4, 0.5) is 21.8 Å². The smallest absolute Gasteiger partial charge is 0.191 e. The number of aromatic hydroxyl groups is 2. The van der Waals surface area contributed by atoms with Gasteiger partial charge in [0, 0.05) is 142 Å². The number of likely N-dealkylation sites (tertiary alicyclic amines) is 3. The molecule has 6 atom stereocenters. The molecule has 0 saturated carbocycles. The van der Waals surface area contributed by atoms with Gasteiger partial charge in [0.2, 0.25) is 0 Å². The maximum absolute atomic E-state index is 13.3. The van der Waals surface area contributed by atoms with E-state index in [2.05, 4.69) is 50.4 Å². The van der Waals surface area contributed by atoms with E-state index in [1.54, 1.807) is 42.7 Å². The number of phenolic OH excluding ortho intramolecular Hbond substituents is 2. The summed E-state index contributed by atoms with van der Waals surface area (Å²) in [6.07, 6.45) is 18.7. The van der Waals surface area contributed by atoms with Gasteiger partial charge in [-0.05, 0) is 104 Å². The minimum absolute atomic E-state index is 0.0179. The van der Waals surface area contributed by atoms with E-state index in [9.17, 15) is 29.0 Å². The predicted octanol–water partition coefficient (Wildman–Crippen LogP) is 9.08. The van der Waals surface area contributed by atoms with Crippen molar-refractivity contribution < 1.29 is 29.0 Å². The van der Waals surface area contributed by atoms with E-state index in [-0.39, 0.29) is 34.2 Å². The lowest BCUT2D eigenvalue weighted by Crippen LogP contribution is -2.44. The van der Waals surface area contributed by atoms with Gasteiger partial charge in [0.1, 0.15) is 34.8 Å².